The Morgan fingerprint density at radius 3 is 2.39 bits per heavy atom. The van der Waals surface area contributed by atoms with Gasteiger partial charge in [-0.25, -0.2) is 0 Å². The normalized spacial score (nSPS) is 38.3. The number of hydrogen-bond donors (Lipinski definition) is 4. The highest BCUT2D eigenvalue weighted by atomic mass is 31.2. The average Bonchev–Trinajstić information content (AvgIpc) is 3.31. The summed E-state index contributed by atoms with van der Waals surface area (Å²) in [6, 6.07) is 0. The molecular formula is C33H55O10P-2. The fraction of sp³-hybridized carbons (Fsp3) is 0.909. The number of carbonyl (C=O) groups excluding carboxylic acids is 1. The predicted octanol–water partition coefficient (Wildman–Crippen LogP) is 3.09. The molecule has 0 aromatic carbocycles. The van der Waals surface area contributed by atoms with Gasteiger partial charge < -0.3 is 44.3 Å². The SMILES string of the molecule is CC(C)CCC[C@@H](C)[C@H]1CCC2C3CC=C4C[C@@H](OP(=O)([O-])OCC(O)C(O)C(O)C(O)C(=O)[O-])CC[C@]4(C)C3CC[C@@]21C. The van der Waals surface area contributed by atoms with Gasteiger partial charge in [0.15, 0.2) is 0 Å². The number of rotatable bonds is 14. The van der Waals surface area contributed by atoms with E-state index >= 15 is 0 Å². The van der Waals surface area contributed by atoms with Gasteiger partial charge in [-0.1, -0.05) is 65.5 Å². The smallest absolute Gasteiger partial charge is 0.268 e. The van der Waals surface area contributed by atoms with E-state index in [0.717, 1.165) is 36.5 Å². The van der Waals surface area contributed by atoms with Gasteiger partial charge in [-0.2, -0.15) is 0 Å². The van der Waals surface area contributed by atoms with Crippen molar-refractivity contribution in [2.45, 2.75) is 136 Å². The molecule has 0 bridgehead atoms. The number of hydrogen-bond acceptors (Lipinski definition) is 10. The van der Waals surface area contributed by atoms with E-state index < -0.39 is 50.9 Å². The number of phosphoric ester groups is 1. The number of carboxylic acids is 1. The van der Waals surface area contributed by atoms with Crippen LogP contribution in [0.25, 0.3) is 0 Å². The Morgan fingerprint density at radius 2 is 1.73 bits per heavy atom. The number of allylic oxidation sites excluding steroid dienone is 1. The molecule has 0 aliphatic heterocycles. The van der Waals surface area contributed by atoms with Crippen molar-refractivity contribution in [3.8, 4) is 0 Å². The zero-order chi connectivity index (χ0) is 32.6. The Bertz CT molecular complexity index is 1080. The summed E-state index contributed by atoms with van der Waals surface area (Å²) in [5.74, 6) is 2.21. The van der Waals surface area contributed by atoms with E-state index in [4.69, 9.17) is 9.05 Å². The Balaban J connectivity index is 1.34. The summed E-state index contributed by atoms with van der Waals surface area (Å²) in [4.78, 5) is 23.3. The first-order valence-electron chi connectivity index (χ1n) is 16.8. The monoisotopic (exact) mass is 642 g/mol. The van der Waals surface area contributed by atoms with Crippen molar-refractivity contribution in [2.75, 3.05) is 6.61 Å². The van der Waals surface area contributed by atoms with Crippen LogP contribution in [-0.4, -0.2) is 63.5 Å². The fourth-order valence-corrected chi connectivity index (χ4v) is 10.7. The van der Waals surface area contributed by atoms with Crippen molar-refractivity contribution in [1.82, 2.24) is 0 Å². The Morgan fingerprint density at radius 1 is 1.02 bits per heavy atom. The Kier molecular flexibility index (Phi) is 11.5. The van der Waals surface area contributed by atoms with Crippen molar-refractivity contribution < 1.29 is 48.8 Å². The van der Waals surface area contributed by atoms with Gasteiger partial charge in [0.1, 0.15) is 24.4 Å². The maximum atomic E-state index is 12.6. The van der Waals surface area contributed by atoms with Crippen molar-refractivity contribution in [3.05, 3.63) is 11.6 Å². The molecule has 8 unspecified atom stereocenters. The van der Waals surface area contributed by atoms with Crippen LogP contribution >= 0.6 is 7.82 Å². The summed E-state index contributed by atoms with van der Waals surface area (Å²) in [5, 5.41) is 49.5. The van der Waals surface area contributed by atoms with E-state index in [1.165, 1.54) is 50.5 Å². The summed E-state index contributed by atoms with van der Waals surface area (Å²) in [6.07, 6.45) is 4.71. The molecule has 11 heteroatoms. The summed E-state index contributed by atoms with van der Waals surface area (Å²) in [6.45, 7) is 11.0. The van der Waals surface area contributed by atoms with Crippen molar-refractivity contribution in [1.29, 1.82) is 0 Å². The van der Waals surface area contributed by atoms with E-state index in [-0.39, 0.29) is 5.41 Å². The first-order chi connectivity index (χ1) is 20.5. The molecule has 0 aromatic rings. The Labute approximate surface area is 262 Å². The van der Waals surface area contributed by atoms with Crippen LogP contribution in [0.1, 0.15) is 105 Å². The van der Waals surface area contributed by atoms with Gasteiger partial charge in [-0.15, -0.1) is 0 Å². The summed E-state index contributed by atoms with van der Waals surface area (Å²) >= 11 is 0. The number of aliphatic carboxylic acids is 1. The van der Waals surface area contributed by atoms with Crippen molar-refractivity contribution in [2.24, 2.45) is 46.3 Å². The highest BCUT2D eigenvalue weighted by Crippen LogP contribution is 2.67. The van der Waals surface area contributed by atoms with E-state index in [1.807, 2.05) is 0 Å². The molecule has 44 heavy (non-hydrogen) atoms. The standard InChI is InChI=1S/C33H57O10P/c1-19(2)7-6-8-20(3)24-11-12-25-23-10-9-21-17-22(13-15-32(21,4)26(23)14-16-33(24,25)5)43-44(40,41)42-18-27(34)28(35)29(36)30(37)31(38)39/h9,19-20,22-30,34-37H,6-8,10-18H2,1-5H3,(H,38,39)(H,40,41)/p-2/t20-,22+,23?,24-,25?,26?,27?,28?,29?,30?,32+,33-/m1/s1. The number of carboxylic acid groups (broad SMARTS) is 1. The lowest BCUT2D eigenvalue weighted by Crippen LogP contribution is -2.52. The van der Waals surface area contributed by atoms with Crippen LogP contribution in [-0.2, 0) is 18.4 Å². The number of phosphoric acid groups is 1. The van der Waals surface area contributed by atoms with Crippen LogP contribution < -0.4 is 10.00 Å². The van der Waals surface area contributed by atoms with Gasteiger partial charge in [-0.3, -0.25) is 4.57 Å². The second-order valence-electron chi connectivity index (χ2n) is 15.3. The lowest BCUT2D eigenvalue weighted by atomic mass is 9.47. The van der Waals surface area contributed by atoms with Crippen molar-refractivity contribution >= 4 is 13.8 Å². The van der Waals surface area contributed by atoms with Crippen LogP contribution in [0.15, 0.2) is 11.6 Å². The highest BCUT2D eigenvalue weighted by Gasteiger charge is 2.59. The second kappa shape index (κ2) is 14.1. The molecule has 0 radical (unpaired) electrons. The molecule has 254 valence electrons. The quantitative estimate of drug-likeness (QED) is 0.162. The van der Waals surface area contributed by atoms with E-state index in [9.17, 15) is 39.8 Å². The first kappa shape index (κ1) is 36.0. The number of carbonyl (C=O) groups is 1. The van der Waals surface area contributed by atoms with Crippen LogP contribution in [0.2, 0.25) is 0 Å². The van der Waals surface area contributed by atoms with E-state index in [0.29, 0.717) is 30.1 Å². The molecule has 0 aromatic heterocycles. The molecule has 0 heterocycles. The average molecular weight is 643 g/mol. The second-order valence-corrected chi connectivity index (χ2v) is 16.7. The summed E-state index contributed by atoms with van der Waals surface area (Å²) in [7, 11) is -4.90. The molecule has 3 fully saturated rings. The molecule has 4 rings (SSSR count). The summed E-state index contributed by atoms with van der Waals surface area (Å²) in [5.41, 5.74) is 1.66. The molecule has 10 nitrogen and oxygen atoms in total. The molecule has 13 atom stereocenters. The third-order valence-electron chi connectivity index (χ3n) is 12.3. The van der Waals surface area contributed by atoms with Gasteiger partial charge in [0.2, 0.25) is 0 Å². The zero-order valence-corrected chi connectivity index (χ0v) is 28.0. The molecule has 4 aliphatic rings. The number of aliphatic hydroxyl groups excluding tert-OH is 4. The van der Waals surface area contributed by atoms with Gasteiger partial charge >= 0.3 is 0 Å². The largest absolute Gasteiger partial charge is 0.756 e. The van der Waals surface area contributed by atoms with Crippen LogP contribution in [0.3, 0.4) is 0 Å². The predicted molar refractivity (Wildman–Crippen MR) is 161 cm³/mol. The lowest BCUT2D eigenvalue weighted by Gasteiger charge is -2.58. The van der Waals surface area contributed by atoms with Gasteiger partial charge in [-0.05, 0) is 97.7 Å². The van der Waals surface area contributed by atoms with E-state index in [2.05, 4.69) is 40.7 Å². The fourth-order valence-electron chi connectivity index (χ4n) is 9.78. The molecule has 0 amide bonds. The van der Waals surface area contributed by atoms with Gasteiger partial charge in [0.05, 0.1) is 18.7 Å². The minimum absolute atomic E-state index is 0.00901. The minimum Gasteiger partial charge on any atom is -0.756 e. The molecule has 0 spiro atoms. The Hall–Kier alpha value is -0.840. The third kappa shape index (κ3) is 7.49. The molecule has 4 N–H and O–H groups in total. The zero-order valence-electron chi connectivity index (χ0n) is 27.1. The molecule has 4 aliphatic carbocycles. The number of fused-ring (bicyclic) bond motifs is 5. The summed E-state index contributed by atoms with van der Waals surface area (Å²) < 4.78 is 22.8. The maximum Gasteiger partial charge on any atom is 0.268 e. The molecule has 0 saturated heterocycles. The lowest BCUT2D eigenvalue weighted by molar-refractivity contribution is -0.320. The van der Waals surface area contributed by atoms with E-state index in [1.54, 1.807) is 0 Å². The maximum absolute atomic E-state index is 12.6. The third-order valence-corrected chi connectivity index (χ3v) is 13.3. The number of aliphatic hydroxyl groups is 4. The van der Waals surface area contributed by atoms with Crippen LogP contribution in [0.5, 0.6) is 0 Å². The minimum atomic E-state index is -4.90. The van der Waals surface area contributed by atoms with Crippen LogP contribution in [0, 0.1) is 46.3 Å². The van der Waals surface area contributed by atoms with Crippen molar-refractivity contribution in [3.63, 3.8) is 0 Å². The molecular weight excluding hydrogens is 587 g/mol. The topological polar surface area (TPSA) is 180 Å². The highest BCUT2D eigenvalue weighted by molar-refractivity contribution is 7.45. The van der Waals surface area contributed by atoms with Crippen LogP contribution in [0.4, 0.5) is 0 Å². The molecule has 3 saturated carbocycles. The van der Waals surface area contributed by atoms with Gasteiger partial charge in [0, 0.05) is 0 Å². The first-order valence-corrected chi connectivity index (χ1v) is 18.2. The van der Waals surface area contributed by atoms with Gasteiger partial charge in [0.25, 0.3) is 7.82 Å².